The van der Waals surface area contributed by atoms with Crippen molar-refractivity contribution in [2.75, 3.05) is 13.7 Å². The topological polar surface area (TPSA) is 29.5 Å². The molecule has 0 heterocycles. The molecule has 0 aliphatic rings. The van der Waals surface area contributed by atoms with Crippen molar-refractivity contribution in [3.63, 3.8) is 0 Å². The molecular formula is C25H23ClO2. The summed E-state index contributed by atoms with van der Waals surface area (Å²) < 4.78 is 5.27. The third-order valence-corrected chi connectivity index (χ3v) is 4.99. The summed E-state index contributed by atoms with van der Waals surface area (Å²) in [5.41, 5.74) is 3.16. The number of methoxy groups -OCH3 is 1. The van der Waals surface area contributed by atoms with E-state index >= 15 is 0 Å². The minimum atomic E-state index is -0.105. The molecule has 3 heteroatoms. The third kappa shape index (κ3) is 5.39. The van der Waals surface area contributed by atoms with Crippen LogP contribution < -0.4 is 4.74 Å². The highest BCUT2D eigenvalue weighted by molar-refractivity contribution is 6.30. The Morgan fingerprint density at radius 1 is 0.929 bits per heavy atom. The van der Waals surface area contributed by atoms with Crippen molar-refractivity contribution in [1.29, 1.82) is 0 Å². The molecule has 2 atom stereocenters. The molecule has 3 aromatic carbocycles. The summed E-state index contributed by atoms with van der Waals surface area (Å²) in [5, 5.41) is 10.9. The highest BCUT2D eigenvalue weighted by atomic mass is 35.5. The molecule has 1 N–H and O–H groups in total. The van der Waals surface area contributed by atoms with Crippen molar-refractivity contribution in [2.45, 2.75) is 12.3 Å². The largest absolute Gasteiger partial charge is 0.497 e. The molecule has 0 saturated heterocycles. The van der Waals surface area contributed by atoms with Crippen LogP contribution in [0, 0.1) is 17.8 Å². The number of ether oxygens (including phenoxy) is 1. The highest BCUT2D eigenvalue weighted by Gasteiger charge is 2.22. The fourth-order valence-electron chi connectivity index (χ4n) is 3.18. The molecule has 142 valence electrons. The summed E-state index contributed by atoms with van der Waals surface area (Å²) in [6.07, 6.45) is 0.716. The first kappa shape index (κ1) is 20.0. The average Bonchev–Trinajstić information content (AvgIpc) is 2.75. The molecule has 0 aromatic heterocycles. The normalized spacial score (nSPS) is 12.5. The smallest absolute Gasteiger partial charge is 0.118 e. The van der Waals surface area contributed by atoms with Crippen LogP contribution in [0.5, 0.6) is 5.75 Å². The van der Waals surface area contributed by atoms with Gasteiger partial charge in [-0.1, -0.05) is 65.9 Å². The molecular weight excluding hydrogens is 368 g/mol. The lowest BCUT2D eigenvalue weighted by Gasteiger charge is -2.22. The van der Waals surface area contributed by atoms with Crippen molar-refractivity contribution in [3.8, 4) is 17.6 Å². The van der Waals surface area contributed by atoms with Crippen LogP contribution in [0.4, 0.5) is 0 Å². The highest BCUT2D eigenvalue weighted by Crippen LogP contribution is 2.29. The molecule has 0 spiro atoms. The Labute approximate surface area is 171 Å². The standard InChI is InChI=1S/C25H23ClO2/c1-28-24-14-10-21(11-15-24)25(16-9-19-5-3-2-4-6-19)22(18-27)17-20-7-12-23(26)13-8-20/h2-8,10-15,22,25,27H,17-18H2,1H3/t22-,25+/m0/s1. The summed E-state index contributed by atoms with van der Waals surface area (Å²) in [6.45, 7) is 0.0444. The van der Waals surface area contributed by atoms with E-state index in [2.05, 4.69) is 11.8 Å². The summed E-state index contributed by atoms with van der Waals surface area (Å²) in [4.78, 5) is 0. The van der Waals surface area contributed by atoms with Gasteiger partial charge in [-0.2, -0.15) is 0 Å². The first-order chi connectivity index (χ1) is 13.7. The lowest BCUT2D eigenvalue weighted by molar-refractivity contribution is 0.216. The second-order valence-electron chi connectivity index (χ2n) is 6.66. The zero-order valence-corrected chi connectivity index (χ0v) is 16.6. The van der Waals surface area contributed by atoms with Gasteiger partial charge in [0.15, 0.2) is 0 Å². The summed E-state index contributed by atoms with van der Waals surface area (Å²) in [6, 6.07) is 25.6. The number of halogens is 1. The van der Waals surface area contributed by atoms with Crippen LogP contribution in [0.1, 0.15) is 22.6 Å². The van der Waals surface area contributed by atoms with Crippen LogP contribution in [-0.4, -0.2) is 18.8 Å². The Balaban J connectivity index is 1.92. The van der Waals surface area contributed by atoms with Crippen molar-refractivity contribution in [2.24, 2.45) is 5.92 Å². The van der Waals surface area contributed by atoms with Crippen molar-refractivity contribution in [3.05, 3.63) is 101 Å². The monoisotopic (exact) mass is 390 g/mol. The minimum Gasteiger partial charge on any atom is -0.497 e. The number of hydrogen-bond donors (Lipinski definition) is 1. The van der Waals surface area contributed by atoms with E-state index in [-0.39, 0.29) is 18.4 Å². The first-order valence-electron chi connectivity index (χ1n) is 9.25. The van der Waals surface area contributed by atoms with Gasteiger partial charge in [0.25, 0.3) is 0 Å². The summed E-state index contributed by atoms with van der Waals surface area (Å²) >= 11 is 6.00. The molecule has 28 heavy (non-hydrogen) atoms. The number of aliphatic hydroxyl groups excluding tert-OH is 1. The van der Waals surface area contributed by atoms with Gasteiger partial charge in [-0.3, -0.25) is 0 Å². The number of hydrogen-bond acceptors (Lipinski definition) is 2. The molecule has 0 amide bonds. The van der Waals surface area contributed by atoms with Gasteiger partial charge in [0, 0.05) is 23.1 Å². The van der Waals surface area contributed by atoms with Gasteiger partial charge in [0.2, 0.25) is 0 Å². The molecule has 2 nitrogen and oxygen atoms in total. The van der Waals surface area contributed by atoms with E-state index in [4.69, 9.17) is 16.3 Å². The van der Waals surface area contributed by atoms with Gasteiger partial charge in [-0.05, 0) is 53.9 Å². The Kier molecular flexibility index (Phi) is 7.14. The van der Waals surface area contributed by atoms with Gasteiger partial charge < -0.3 is 9.84 Å². The number of rotatable bonds is 6. The fourth-order valence-corrected chi connectivity index (χ4v) is 3.30. The zero-order valence-electron chi connectivity index (χ0n) is 15.8. The molecule has 0 bridgehead atoms. The first-order valence-corrected chi connectivity index (χ1v) is 9.63. The van der Waals surface area contributed by atoms with E-state index in [1.54, 1.807) is 7.11 Å². The maximum Gasteiger partial charge on any atom is 0.118 e. The number of benzene rings is 3. The van der Waals surface area contributed by atoms with Crippen LogP contribution in [0.25, 0.3) is 0 Å². The van der Waals surface area contributed by atoms with E-state index in [9.17, 15) is 5.11 Å². The van der Waals surface area contributed by atoms with Crippen molar-refractivity contribution >= 4 is 11.6 Å². The Morgan fingerprint density at radius 2 is 1.61 bits per heavy atom. The van der Waals surface area contributed by atoms with Gasteiger partial charge in [0.05, 0.1) is 13.0 Å². The Hall–Kier alpha value is -2.73. The number of aliphatic hydroxyl groups is 1. The van der Waals surface area contributed by atoms with E-state index < -0.39 is 0 Å². The maximum atomic E-state index is 10.2. The van der Waals surface area contributed by atoms with Crippen LogP contribution in [0.2, 0.25) is 5.02 Å². The Morgan fingerprint density at radius 3 is 2.21 bits per heavy atom. The second kappa shape index (κ2) is 9.99. The van der Waals surface area contributed by atoms with Gasteiger partial charge in [0.1, 0.15) is 5.75 Å². The molecule has 0 aliphatic carbocycles. The molecule has 3 aromatic rings. The predicted molar refractivity (Wildman–Crippen MR) is 115 cm³/mol. The fraction of sp³-hybridized carbons (Fsp3) is 0.200. The molecule has 0 fully saturated rings. The molecule has 0 saturated carbocycles. The molecule has 0 unspecified atom stereocenters. The van der Waals surface area contributed by atoms with Crippen LogP contribution in [0.3, 0.4) is 0 Å². The van der Waals surface area contributed by atoms with Gasteiger partial charge >= 0.3 is 0 Å². The molecule has 0 radical (unpaired) electrons. The van der Waals surface area contributed by atoms with E-state index in [0.717, 1.165) is 22.4 Å². The SMILES string of the molecule is COc1ccc([C@@H](C#Cc2ccccc2)[C@H](CO)Cc2ccc(Cl)cc2)cc1. The van der Waals surface area contributed by atoms with Crippen LogP contribution in [0.15, 0.2) is 78.9 Å². The van der Waals surface area contributed by atoms with Gasteiger partial charge in [-0.25, -0.2) is 0 Å². The summed E-state index contributed by atoms with van der Waals surface area (Å²) in [7, 11) is 1.65. The maximum absolute atomic E-state index is 10.2. The lowest BCUT2D eigenvalue weighted by Crippen LogP contribution is -2.18. The Bertz CT molecular complexity index is 922. The van der Waals surface area contributed by atoms with Crippen LogP contribution >= 0.6 is 11.6 Å². The average molecular weight is 391 g/mol. The van der Waals surface area contributed by atoms with Crippen molar-refractivity contribution < 1.29 is 9.84 Å². The van der Waals surface area contributed by atoms with E-state index in [0.29, 0.717) is 11.4 Å². The second-order valence-corrected chi connectivity index (χ2v) is 7.10. The predicted octanol–water partition coefficient (Wildman–Crippen LogP) is 5.34. The van der Waals surface area contributed by atoms with Crippen molar-refractivity contribution in [1.82, 2.24) is 0 Å². The zero-order chi connectivity index (χ0) is 19.8. The van der Waals surface area contributed by atoms with Crippen LogP contribution in [-0.2, 0) is 6.42 Å². The minimum absolute atomic E-state index is 0.0363. The third-order valence-electron chi connectivity index (χ3n) is 4.74. The lowest BCUT2D eigenvalue weighted by atomic mass is 9.82. The molecule has 3 rings (SSSR count). The van der Waals surface area contributed by atoms with E-state index in [1.807, 2.05) is 78.9 Å². The molecule has 0 aliphatic heterocycles. The summed E-state index contributed by atoms with van der Waals surface area (Å²) in [5.74, 6) is 7.33. The quantitative estimate of drug-likeness (QED) is 0.576. The van der Waals surface area contributed by atoms with Gasteiger partial charge in [-0.15, -0.1) is 0 Å². The van der Waals surface area contributed by atoms with E-state index in [1.165, 1.54) is 0 Å².